The molecular formula is C17H17F3N2O2S2. The first kappa shape index (κ1) is 19.2. The molecule has 26 heavy (non-hydrogen) atoms. The maximum absolute atomic E-state index is 13.0. The zero-order chi connectivity index (χ0) is 18.8. The minimum atomic E-state index is -4.40. The van der Waals surface area contributed by atoms with Gasteiger partial charge in [-0.3, -0.25) is 0 Å². The summed E-state index contributed by atoms with van der Waals surface area (Å²) in [6, 6.07) is 8.39. The summed E-state index contributed by atoms with van der Waals surface area (Å²) < 4.78 is 65.3. The highest BCUT2D eigenvalue weighted by molar-refractivity contribution is 7.98. The summed E-state index contributed by atoms with van der Waals surface area (Å²) in [4.78, 5) is 4.21. The summed E-state index contributed by atoms with van der Waals surface area (Å²) in [5.74, 6) is 0.0981. The Labute approximate surface area is 154 Å². The minimum absolute atomic E-state index is 0.0981. The third-order valence-electron chi connectivity index (χ3n) is 4.11. The first-order chi connectivity index (χ1) is 12.3. The lowest BCUT2D eigenvalue weighted by atomic mass is 10.1. The Kier molecular flexibility index (Phi) is 5.59. The van der Waals surface area contributed by atoms with Crippen molar-refractivity contribution in [2.24, 2.45) is 0 Å². The Hall–Kier alpha value is -1.58. The van der Waals surface area contributed by atoms with Crippen molar-refractivity contribution in [1.82, 2.24) is 9.29 Å². The van der Waals surface area contributed by atoms with Gasteiger partial charge in [0.15, 0.2) is 0 Å². The van der Waals surface area contributed by atoms with E-state index in [4.69, 9.17) is 0 Å². The van der Waals surface area contributed by atoms with Crippen molar-refractivity contribution in [2.75, 3.05) is 13.1 Å². The molecule has 0 N–H and O–H groups in total. The molecule has 1 aromatic heterocycles. The van der Waals surface area contributed by atoms with Gasteiger partial charge in [-0.2, -0.15) is 17.5 Å². The van der Waals surface area contributed by atoms with E-state index in [1.54, 1.807) is 6.07 Å². The Morgan fingerprint density at radius 1 is 1.08 bits per heavy atom. The summed E-state index contributed by atoms with van der Waals surface area (Å²) in [5.41, 5.74) is -0.499. The molecule has 0 radical (unpaired) electrons. The maximum Gasteiger partial charge on any atom is 0.416 e. The highest BCUT2D eigenvalue weighted by Crippen LogP contribution is 2.34. The van der Waals surface area contributed by atoms with Gasteiger partial charge in [0.2, 0.25) is 10.0 Å². The van der Waals surface area contributed by atoms with E-state index in [0.29, 0.717) is 18.1 Å². The molecule has 0 spiro atoms. The largest absolute Gasteiger partial charge is 0.416 e. The quantitative estimate of drug-likeness (QED) is 0.704. The van der Waals surface area contributed by atoms with Crippen molar-refractivity contribution in [3.05, 3.63) is 53.7 Å². The van der Waals surface area contributed by atoms with Crippen LogP contribution in [0.4, 0.5) is 13.2 Å². The molecule has 4 nitrogen and oxygen atoms in total. The second kappa shape index (κ2) is 7.58. The molecule has 0 bridgehead atoms. The molecule has 1 aliphatic heterocycles. The van der Waals surface area contributed by atoms with Crippen LogP contribution in [0.25, 0.3) is 0 Å². The monoisotopic (exact) mass is 402 g/mol. The van der Waals surface area contributed by atoms with Crippen LogP contribution < -0.4 is 0 Å². The van der Waals surface area contributed by atoms with Gasteiger partial charge in [0.1, 0.15) is 4.90 Å². The first-order valence-electron chi connectivity index (χ1n) is 8.02. The average molecular weight is 402 g/mol. The van der Waals surface area contributed by atoms with E-state index in [9.17, 15) is 21.6 Å². The molecule has 0 amide bonds. The number of thioether (sulfide) groups is 1. The van der Waals surface area contributed by atoms with Gasteiger partial charge < -0.3 is 0 Å². The van der Waals surface area contributed by atoms with Crippen LogP contribution in [0.2, 0.25) is 0 Å². The third kappa shape index (κ3) is 4.21. The highest BCUT2D eigenvalue weighted by atomic mass is 32.2. The number of hydrogen-bond acceptors (Lipinski definition) is 4. The first-order valence-corrected chi connectivity index (χ1v) is 10.4. The molecule has 1 fully saturated rings. The molecule has 1 aliphatic rings. The second-order valence-electron chi connectivity index (χ2n) is 5.89. The molecular weight excluding hydrogens is 385 g/mol. The number of rotatable bonds is 5. The minimum Gasteiger partial charge on any atom is -0.249 e. The number of aromatic nitrogens is 1. The van der Waals surface area contributed by atoms with Crippen LogP contribution in [0.15, 0.2) is 52.5 Å². The Morgan fingerprint density at radius 3 is 2.38 bits per heavy atom. The van der Waals surface area contributed by atoms with E-state index in [1.807, 2.05) is 0 Å². The van der Waals surface area contributed by atoms with Gasteiger partial charge in [-0.15, -0.1) is 11.8 Å². The van der Waals surface area contributed by atoms with Crippen molar-refractivity contribution in [2.45, 2.75) is 34.7 Å². The van der Waals surface area contributed by atoms with Crippen molar-refractivity contribution in [1.29, 1.82) is 0 Å². The molecule has 0 aliphatic carbocycles. The fraction of sp³-hybridized carbons (Fsp3) is 0.353. The molecule has 2 aromatic rings. The summed E-state index contributed by atoms with van der Waals surface area (Å²) in [6.45, 7) is 1.01. The van der Waals surface area contributed by atoms with Crippen molar-refractivity contribution >= 4 is 21.8 Å². The number of halogens is 3. The molecule has 0 unspecified atom stereocenters. The molecule has 0 saturated carbocycles. The van der Waals surface area contributed by atoms with E-state index in [0.717, 1.165) is 30.7 Å². The van der Waals surface area contributed by atoms with Crippen LogP contribution in [0.3, 0.4) is 0 Å². The Bertz CT molecular complexity index is 862. The number of benzene rings is 1. The molecule has 140 valence electrons. The Balaban J connectivity index is 1.71. The maximum atomic E-state index is 13.0. The summed E-state index contributed by atoms with van der Waals surface area (Å²) in [7, 11) is -3.54. The van der Waals surface area contributed by atoms with E-state index < -0.39 is 21.8 Å². The number of hydrogen-bond donors (Lipinski definition) is 0. The summed E-state index contributed by atoms with van der Waals surface area (Å²) in [6.07, 6.45) is -1.44. The summed E-state index contributed by atoms with van der Waals surface area (Å²) in [5, 5.41) is 0.474. The molecule has 1 aromatic carbocycles. The van der Waals surface area contributed by atoms with Crippen LogP contribution in [-0.4, -0.2) is 30.8 Å². The van der Waals surface area contributed by atoms with Crippen molar-refractivity contribution in [3.63, 3.8) is 0 Å². The predicted octanol–water partition coefficient (Wildman–Crippen LogP) is 4.18. The topological polar surface area (TPSA) is 50.3 Å². The highest BCUT2D eigenvalue weighted by Gasteiger charge is 2.32. The lowest BCUT2D eigenvalue weighted by Crippen LogP contribution is -2.27. The predicted molar refractivity (Wildman–Crippen MR) is 93.2 cm³/mol. The number of sulfonamides is 1. The van der Waals surface area contributed by atoms with Gasteiger partial charge in [-0.25, -0.2) is 13.4 Å². The molecule has 0 atom stereocenters. The van der Waals surface area contributed by atoms with Gasteiger partial charge >= 0.3 is 6.18 Å². The van der Waals surface area contributed by atoms with E-state index in [2.05, 4.69) is 4.98 Å². The fourth-order valence-electron chi connectivity index (χ4n) is 2.76. The van der Waals surface area contributed by atoms with Crippen LogP contribution >= 0.6 is 11.8 Å². The number of nitrogens with zero attached hydrogens (tertiary/aromatic N) is 2. The summed E-state index contributed by atoms with van der Waals surface area (Å²) >= 11 is 1.14. The van der Waals surface area contributed by atoms with Crippen LogP contribution in [0.1, 0.15) is 24.0 Å². The normalized spacial score (nSPS) is 16.1. The average Bonchev–Trinajstić information content (AvgIpc) is 3.15. The van der Waals surface area contributed by atoms with E-state index >= 15 is 0 Å². The number of pyridine rings is 1. The zero-order valence-electron chi connectivity index (χ0n) is 13.7. The molecule has 1 saturated heterocycles. The Morgan fingerprint density at radius 2 is 1.77 bits per heavy atom. The second-order valence-corrected chi connectivity index (χ2v) is 8.82. The number of alkyl halides is 3. The van der Waals surface area contributed by atoms with Crippen LogP contribution in [-0.2, 0) is 22.0 Å². The molecule has 3 rings (SSSR count). The van der Waals surface area contributed by atoms with E-state index in [-0.39, 0.29) is 16.2 Å². The van der Waals surface area contributed by atoms with Gasteiger partial charge in [0, 0.05) is 25.0 Å². The lowest BCUT2D eigenvalue weighted by Gasteiger charge is -2.15. The lowest BCUT2D eigenvalue weighted by molar-refractivity contribution is -0.138. The zero-order valence-corrected chi connectivity index (χ0v) is 15.4. The van der Waals surface area contributed by atoms with E-state index in [1.165, 1.54) is 34.8 Å². The fourth-order valence-corrected chi connectivity index (χ4v) is 5.07. The third-order valence-corrected chi connectivity index (χ3v) is 6.99. The van der Waals surface area contributed by atoms with Crippen molar-refractivity contribution < 1.29 is 21.6 Å². The van der Waals surface area contributed by atoms with Gasteiger partial charge in [0.25, 0.3) is 0 Å². The smallest absolute Gasteiger partial charge is 0.249 e. The molecule has 9 heteroatoms. The molecule has 2 heterocycles. The van der Waals surface area contributed by atoms with Crippen LogP contribution in [0, 0.1) is 0 Å². The SMILES string of the molecule is O=S(=O)(c1ccc(SCc2ccccc2C(F)(F)F)nc1)N1CCCC1. The van der Waals surface area contributed by atoms with Gasteiger partial charge in [0.05, 0.1) is 10.6 Å². The van der Waals surface area contributed by atoms with Gasteiger partial charge in [-0.1, -0.05) is 18.2 Å². The standard InChI is InChI=1S/C17H17F3N2O2S2/c18-17(19,20)15-6-2-1-5-13(15)12-25-16-8-7-14(11-21-16)26(23,24)22-9-3-4-10-22/h1-2,5-8,11H,3-4,9-10,12H2. The van der Waals surface area contributed by atoms with Crippen LogP contribution in [0.5, 0.6) is 0 Å². The van der Waals surface area contributed by atoms with Gasteiger partial charge in [-0.05, 0) is 36.6 Å². The van der Waals surface area contributed by atoms with Crippen molar-refractivity contribution in [3.8, 4) is 0 Å².